The van der Waals surface area contributed by atoms with Gasteiger partial charge in [-0.15, -0.1) is 11.3 Å². The lowest BCUT2D eigenvalue weighted by atomic mass is 10.4. The molecule has 2 aromatic rings. The number of anilines is 1. The number of rotatable bonds is 4. The molecule has 0 aromatic carbocycles. The molecule has 0 saturated heterocycles. The normalized spacial score (nSPS) is 10.6. The van der Waals surface area contributed by atoms with Crippen LogP contribution in [0.25, 0.3) is 0 Å². The summed E-state index contributed by atoms with van der Waals surface area (Å²) in [5.74, 6) is 0. The molecule has 18 heavy (non-hydrogen) atoms. The Hall–Kier alpha value is -1.14. The quantitative estimate of drug-likeness (QED) is 0.938. The maximum atomic E-state index is 11.9. The number of nitrogens with one attached hydrogen (secondary N) is 1. The van der Waals surface area contributed by atoms with Gasteiger partial charge in [-0.3, -0.25) is 4.79 Å². The molecule has 0 radical (unpaired) electrons. The third-order valence-corrected chi connectivity index (χ3v) is 4.30. The van der Waals surface area contributed by atoms with E-state index in [4.69, 9.17) is 0 Å². The maximum absolute atomic E-state index is 11.9. The first-order valence-corrected chi connectivity index (χ1v) is 7.27. The van der Waals surface area contributed by atoms with E-state index in [0.717, 1.165) is 5.69 Å². The van der Waals surface area contributed by atoms with Gasteiger partial charge in [0.2, 0.25) is 0 Å². The number of nitrogens with zero attached hydrogens (tertiary/aromatic N) is 2. The van der Waals surface area contributed by atoms with Crippen LogP contribution in [-0.4, -0.2) is 9.78 Å². The summed E-state index contributed by atoms with van der Waals surface area (Å²) in [5, 5.41) is 7.31. The summed E-state index contributed by atoms with van der Waals surface area (Å²) >= 11 is 5.06. The second kappa shape index (κ2) is 5.67. The Morgan fingerprint density at radius 2 is 2.28 bits per heavy atom. The number of aromatic nitrogens is 2. The standard InChI is InChI=1S/C12H14BrN3OS/c1-3-16-12(17)11(13)10(7-15-16)14-6-9-5-4-8(2)18-9/h4-5,7,14H,3,6H2,1-2H3. The van der Waals surface area contributed by atoms with Crippen LogP contribution in [0, 0.1) is 6.92 Å². The van der Waals surface area contributed by atoms with Gasteiger partial charge in [0.05, 0.1) is 11.9 Å². The molecular weight excluding hydrogens is 314 g/mol. The van der Waals surface area contributed by atoms with Crippen molar-refractivity contribution in [3.63, 3.8) is 0 Å². The van der Waals surface area contributed by atoms with Gasteiger partial charge in [-0.1, -0.05) is 0 Å². The van der Waals surface area contributed by atoms with Crippen LogP contribution in [0.2, 0.25) is 0 Å². The van der Waals surface area contributed by atoms with E-state index in [1.54, 1.807) is 17.5 Å². The second-order valence-corrected chi connectivity index (χ2v) is 6.02. The zero-order valence-electron chi connectivity index (χ0n) is 10.2. The molecule has 0 bridgehead atoms. The Bertz CT molecular complexity index is 606. The van der Waals surface area contributed by atoms with Crippen LogP contribution >= 0.6 is 27.3 Å². The van der Waals surface area contributed by atoms with E-state index in [0.29, 0.717) is 17.6 Å². The summed E-state index contributed by atoms with van der Waals surface area (Å²) < 4.78 is 1.96. The van der Waals surface area contributed by atoms with Crippen LogP contribution in [0.1, 0.15) is 16.7 Å². The molecule has 2 rings (SSSR count). The highest BCUT2D eigenvalue weighted by Gasteiger charge is 2.07. The zero-order valence-corrected chi connectivity index (χ0v) is 12.6. The Labute approximate surface area is 118 Å². The topological polar surface area (TPSA) is 46.9 Å². The van der Waals surface area contributed by atoms with Crippen molar-refractivity contribution in [1.29, 1.82) is 0 Å². The molecular formula is C12H14BrN3OS. The molecule has 6 heteroatoms. The van der Waals surface area contributed by atoms with Gasteiger partial charge in [0.1, 0.15) is 4.47 Å². The molecule has 2 heterocycles. The Morgan fingerprint density at radius 3 is 2.89 bits per heavy atom. The minimum absolute atomic E-state index is 0.107. The Kier molecular flexibility index (Phi) is 4.19. The lowest BCUT2D eigenvalue weighted by molar-refractivity contribution is 0.613. The van der Waals surface area contributed by atoms with Crippen LogP contribution in [0.15, 0.2) is 27.6 Å². The fourth-order valence-electron chi connectivity index (χ4n) is 1.58. The zero-order chi connectivity index (χ0) is 13.1. The molecule has 0 aliphatic rings. The lowest BCUT2D eigenvalue weighted by Crippen LogP contribution is -2.23. The highest BCUT2D eigenvalue weighted by molar-refractivity contribution is 9.10. The highest BCUT2D eigenvalue weighted by Crippen LogP contribution is 2.20. The monoisotopic (exact) mass is 327 g/mol. The SMILES string of the molecule is CCn1ncc(NCc2ccc(C)s2)c(Br)c1=O. The van der Waals surface area contributed by atoms with Crippen molar-refractivity contribution >= 4 is 33.0 Å². The molecule has 0 aliphatic carbocycles. The average molecular weight is 328 g/mol. The fourth-order valence-corrected chi connectivity index (χ4v) is 2.85. The average Bonchev–Trinajstić information content (AvgIpc) is 2.77. The van der Waals surface area contributed by atoms with Gasteiger partial charge in [0, 0.05) is 22.8 Å². The van der Waals surface area contributed by atoms with E-state index < -0.39 is 0 Å². The summed E-state index contributed by atoms with van der Waals surface area (Å²) in [6, 6.07) is 4.17. The summed E-state index contributed by atoms with van der Waals surface area (Å²) in [6.07, 6.45) is 1.68. The summed E-state index contributed by atoms with van der Waals surface area (Å²) in [6.45, 7) is 5.24. The van der Waals surface area contributed by atoms with Crippen molar-refractivity contribution < 1.29 is 0 Å². The summed E-state index contributed by atoms with van der Waals surface area (Å²) in [7, 11) is 0. The van der Waals surface area contributed by atoms with Crippen LogP contribution in [0.5, 0.6) is 0 Å². The molecule has 0 fully saturated rings. The number of halogens is 1. The first-order chi connectivity index (χ1) is 8.61. The van der Waals surface area contributed by atoms with E-state index in [1.165, 1.54) is 14.4 Å². The minimum Gasteiger partial charge on any atom is -0.378 e. The molecule has 0 unspecified atom stereocenters. The van der Waals surface area contributed by atoms with E-state index in [2.05, 4.69) is 45.4 Å². The fraction of sp³-hybridized carbons (Fsp3) is 0.333. The predicted molar refractivity (Wildman–Crippen MR) is 78.3 cm³/mol. The Morgan fingerprint density at radius 1 is 1.50 bits per heavy atom. The van der Waals surface area contributed by atoms with Crippen LogP contribution < -0.4 is 10.9 Å². The van der Waals surface area contributed by atoms with Gasteiger partial charge < -0.3 is 5.32 Å². The van der Waals surface area contributed by atoms with Crippen molar-refractivity contribution in [3.05, 3.63) is 42.9 Å². The van der Waals surface area contributed by atoms with Crippen LogP contribution in [0.4, 0.5) is 5.69 Å². The minimum atomic E-state index is -0.107. The molecule has 1 N–H and O–H groups in total. The van der Waals surface area contributed by atoms with Crippen LogP contribution in [0.3, 0.4) is 0 Å². The number of hydrogen-bond donors (Lipinski definition) is 1. The molecule has 2 aromatic heterocycles. The van der Waals surface area contributed by atoms with Crippen molar-refractivity contribution in [1.82, 2.24) is 9.78 Å². The molecule has 0 spiro atoms. The second-order valence-electron chi connectivity index (χ2n) is 3.86. The molecule has 0 amide bonds. The smallest absolute Gasteiger partial charge is 0.283 e. The van der Waals surface area contributed by atoms with Crippen molar-refractivity contribution in [2.45, 2.75) is 26.9 Å². The van der Waals surface area contributed by atoms with Crippen molar-refractivity contribution in [2.24, 2.45) is 0 Å². The molecule has 4 nitrogen and oxygen atoms in total. The molecule has 0 saturated carbocycles. The lowest BCUT2D eigenvalue weighted by Gasteiger charge is -2.08. The van der Waals surface area contributed by atoms with E-state index in [1.807, 2.05) is 6.92 Å². The summed E-state index contributed by atoms with van der Waals surface area (Å²) in [4.78, 5) is 14.4. The van der Waals surface area contributed by atoms with E-state index >= 15 is 0 Å². The van der Waals surface area contributed by atoms with E-state index in [-0.39, 0.29) is 5.56 Å². The first-order valence-electron chi connectivity index (χ1n) is 5.66. The number of aryl methyl sites for hydroxylation is 2. The third kappa shape index (κ3) is 2.81. The van der Waals surface area contributed by atoms with Gasteiger partial charge in [0.15, 0.2) is 0 Å². The largest absolute Gasteiger partial charge is 0.378 e. The van der Waals surface area contributed by atoms with Gasteiger partial charge in [-0.2, -0.15) is 5.10 Å². The van der Waals surface area contributed by atoms with Crippen molar-refractivity contribution in [3.8, 4) is 0 Å². The third-order valence-electron chi connectivity index (χ3n) is 2.53. The first kappa shape index (κ1) is 13.3. The van der Waals surface area contributed by atoms with Gasteiger partial charge >= 0.3 is 0 Å². The highest BCUT2D eigenvalue weighted by atomic mass is 79.9. The predicted octanol–water partition coefficient (Wildman–Crippen LogP) is 3.01. The summed E-state index contributed by atoms with van der Waals surface area (Å²) in [5.41, 5.74) is 0.626. The maximum Gasteiger partial charge on any atom is 0.283 e. The van der Waals surface area contributed by atoms with Gasteiger partial charge in [-0.25, -0.2) is 4.68 Å². The molecule has 0 aliphatic heterocycles. The Balaban J connectivity index is 2.15. The molecule has 0 atom stereocenters. The number of thiophene rings is 1. The van der Waals surface area contributed by atoms with Gasteiger partial charge in [-0.05, 0) is 41.9 Å². The number of hydrogen-bond acceptors (Lipinski definition) is 4. The molecule has 96 valence electrons. The van der Waals surface area contributed by atoms with Gasteiger partial charge in [0.25, 0.3) is 5.56 Å². The van der Waals surface area contributed by atoms with E-state index in [9.17, 15) is 4.79 Å². The van der Waals surface area contributed by atoms with Crippen molar-refractivity contribution in [2.75, 3.05) is 5.32 Å². The van der Waals surface area contributed by atoms with Crippen LogP contribution in [-0.2, 0) is 13.1 Å².